The van der Waals surface area contributed by atoms with E-state index in [1.807, 2.05) is 18.2 Å². The van der Waals surface area contributed by atoms with E-state index in [-0.39, 0.29) is 5.56 Å². The highest BCUT2D eigenvalue weighted by molar-refractivity contribution is 6.34. The van der Waals surface area contributed by atoms with Gasteiger partial charge in [0.15, 0.2) is 17.3 Å². The predicted molar refractivity (Wildman–Crippen MR) is 120 cm³/mol. The number of pyridine rings is 1. The number of hydrogen-bond acceptors (Lipinski definition) is 6. The highest BCUT2D eigenvalue weighted by Crippen LogP contribution is 2.33. The summed E-state index contributed by atoms with van der Waals surface area (Å²) in [6.45, 7) is 1.01. The van der Waals surface area contributed by atoms with Crippen LogP contribution in [0, 0.1) is 0 Å². The third kappa shape index (κ3) is 3.07. The van der Waals surface area contributed by atoms with E-state index in [4.69, 9.17) is 32.7 Å². The Balaban J connectivity index is 1.50. The zero-order valence-electron chi connectivity index (χ0n) is 16.3. The lowest BCUT2D eigenvalue weighted by Crippen LogP contribution is -2.18. The number of aromatic nitrogens is 5. The number of halogens is 2. The standard InChI is InChI=1S/C22H13Cl2N5O3/c23-13-8-14(24)10-15(9-13)28-4-3-17-16(21(28)30)11-25-22-26-20(27-29(17)22)12-1-2-18-19(7-12)32-6-5-31-18/h1-4,7-11H,5-6H2. The number of ether oxygens (including phenoxy) is 2. The van der Waals surface area contributed by atoms with Crippen molar-refractivity contribution >= 4 is 39.9 Å². The average Bonchev–Trinajstić information content (AvgIpc) is 3.23. The number of rotatable bonds is 2. The quantitative estimate of drug-likeness (QED) is 0.388. The van der Waals surface area contributed by atoms with Crippen molar-refractivity contribution in [2.75, 3.05) is 13.2 Å². The molecule has 0 atom stereocenters. The molecule has 0 N–H and O–H groups in total. The predicted octanol–water partition coefficient (Wildman–Crippen LogP) is 4.17. The lowest BCUT2D eigenvalue weighted by molar-refractivity contribution is 0.171. The fraction of sp³-hybridized carbons (Fsp3) is 0.0909. The first-order chi connectivity index (χ1) is 15.6. The molecule has 1 aliphatic rings. The second-order valence-corrected chi connectivity index (χ2v) is 8.05. The van der Waals surface area contributed by atoms with Crippen LogP contribution >= 0.6 is 23.2 Å². The van der Waals surface area contributed by atoms with E-state index >= 15 is 0 Å². The van der Waals surface area contributed by atoms with Crippen LogP contribution in [0.2, 0.25) is 10.0 Å². The van der Waals surface area contributed by atoms with Crippen molar-refractivity contribution < 1.29 is 9.47 Å². The van der Waals surface area contributed by atoms with Crippen LogP contribution in [0.5, 0.6) is 11.5 Å². The minimum Gasteiger partial charge on any atom is -0.486 e. The maximum Gasteiger partial charge on any atom is 0.266 e. The first-order valence-corrected chi connectivity index (χ1v) is 10.5. The van der Waals surface area contributed by atoms with Crippen molar-refractivity contribution in [2.45, 2.75) is 0 Å². The maximum absolute atomic E-state index is 13.2. The molecule has 0 amide bonds. The molecule has 0 bridgehead atoms. The van der Waals surface area contributed by atoms with Gasteiger partial charge in [0.25, 0.3) is 11.3 Å². The van der Waals surface area contributed by atoms with Crippen LogP contribution < -0.4 is 15.0 Å². The fourth-order valence-electron chi connectivity index (χ4n) is 3.71. The average molecular weight is 466 g/mol. The molecule has 5 aromatic rings. The monoisotopic (exact) mass is 465 g/mol. The molecule has 8 nitrogen and oxygen atoms in total. The van der Waals surface area contributed by atoms with Crippen molar-refractivity contribution in [3.05, 3.63) is 75.3 Å². The fourth-order valence-corrected chi connectivity index (χ4v) is 4.22. The number of benzene rings is 2. The Morgan fingerprint density at radius 2 is 1.72 bits per heavy atom. The molecule has 1 aliphatic heterocycles. The SMILES string of the molecule is O=c1c2cnc3nc(-c4ccc5c(c4)OCCO5)nn3c2ccn1-c1cc(Cl)cc(Cl)c1. The van der Waals surface area contributed by atoms with Gasteiger partial charge in [0, 0.05) is 28.0 Å². The van der Waals surface area contributed by atoms with E-state index in [0.29, 0.717) is 63.0 Å². The smallest absolute Gasteiger partial charge is 0.266 e. The van der Waals surface area contributed by atoms with Gasteiger partial charge in [-0.1, -0.05) is 23.2 Å². The van der Waals surface area contributed by atoms with Crippen molar-refractivity contribution in [1.82, 2.24) is 24.1 Å². The first kappa shape index (κ1) is 19.1. The molecule has 2 aromatic carbocycles. The van der Waals surface area contributed by atoms with Crippen LogP contribution in [-0.2, 0) is 0 Å². The zero-order chi connectivity index (χ0) is 21.8. The summed E-state index contributed by atoms with van der Waals surface area (Å²) < 4.78 is 14.2. The van der Waals surface area contributed by atoms with Gasteiger partial charge < -0.3 is 9.47 Å². The van der Waals surface area contributed by atoms with E-state index in [2.05, 4.69) is 15.1 Å². The summed E-state index contributed by atoms with van der Waals surface area (Å²) in [5.41, 5.74) is 1.63. The van der Waals surface area contributed by atoms with Gasteiger partial charge in [-0.25, -0.2) is 4.98 Å². The molecule has 0 saturated carbocycles. The van der Waals surface area contributed by atoms with Crippen LogP contribution in [0.3, 0.4) is 0 Å². The van der Waals surface area contributed by atoms with Crippen molar-refractivity contribution in [3.8, 4) is 28.6 Å². The molecule has 10 heteroatoms. The normalized spacial score (nSPS) is 13.1. The Bertz CT molecular complexity index is 1570. The molecule has 3 aromatic heterocycles. The van der Waals surface area contributed by atoms with Crippen LogP contribution in [0.1, 0.15) is 0 Å². The van der Waals surface area contributed by atoms with E-state index in [1.54, 1.807) is 35.0 Å². The third-order valence-corrected chi connectivity index (χ3v) is 5.60. The van der Waals surface area contributed by atoms with E-state index in [9.17, 15) is 4.79 Å². The van der Waals surface area contributed by atoms with E-state index in [1.165, 1.54) is 10.8 Å². The molecule has 6 rings (SSSR count). The molecule has 0 saturated heterocycles. The molecule has 0 spiro atoms. The highest BCUT2D eigenvalue weighted by atomic mass is 35.5. The van der Waals surface area contributed by atoms with Gasteiger partial charge in [-0.15, -0.1) is 5.10 Å². The minimum absolute atomic E-state index is 0.272. The second kappa shape index (κ2) is 7.22. The Hall–Kier alpha value is -3.62. The maximum atomic E-state index is 13.2. The summed E-state index contributed by atoms with van der Waals surface area (Å²) in [5, 5.41) is 5.85. The van der Waals surface area contributed by atoms with Gasteiger partial charge in [0.2, 0.25) is 0 Å². The van der Waals surface area contributed by atoms with Gasteiger partial charge in [-0.05, 0) is 42.5 Å². The van der Waals surface area contributed by atoms with Crippen LogP contribution in [0.4, 0.5) is 0 Å². The lowest BCUT2D eigenvalue weighted by atomic mass is 10.2. The summed E-state index contributed by atoms with van der Waals surface area (Å²) in [5.74, 6) is 2.18. The van der Waals surface area contributed by atoms with Gasteiger partial charge in [-0.3, -0.25) is 9.36 Å². The van der Waals surface area contributed by atoms with Crippen molar-refractivity contribution in [2.24, 2.45) is 0 Å². The van der Waals surface area contributed by atoms with Crippen LogP contribution in [0.25, 0.3) is 33.8 Å². The number of hydrogen-bond donors (Lipinski definition) is 0. The number of fused-ring (bicyclic) bond motifs is 4. The van der Waals surface area contributed by atoms with Gasteiger partial charge >= 0.3 is 0 Å². The molecule has 0 unspecified atom stereocenters. The molecule has 158 valence electrons. The van der Waals surface area contributed by atoms with Crippen molar-refractivity contribution in [1.29, 1.82) is 0 Å². The largest absolute Gasteiger partial charge is 0.486 e. The Morgan fingerprint density at radius 1 is 0.938 bits per heavy atom. The molecular formula is C22H13Cl2N5O3. The van der Waals surface area contributed by atoms with E-state index in [0.717, 1.165) is 5.56 Å². The molecule has 0 radical (unpaired) electrons. The Morgan fingerprint density at radius 3 is 2.53 bits per heavy atom. The molecular weight excluding hydrogens is 453 g/mol. The summed E-state index contributed by atoms with van der Waals surface area (Å²) in [6.07, 6.45) is 3.15. The Kier molecular flexibility index (Phi) is 4.31. The molecule has 4 heterocycles. The lowest BCUT2D eigenvalue weighted by Gasteiger charge is -2.18. The number of nitrogens with zero attached hydrogens (tertiary/aromatic N) is 5. The minimum atomic E-state index is -0.272. The topological polar surface area (TPSA) is 83.5 Å². The highest BCUT2D eigenvalue weighted by Gasteiger charge is 2.17. The third-order valence-electron chi connectivity index (χ3n) is 5.16. The summed E-state index contributed by atoms with van der Waals surface area (Å²) in [7, 11) is 0. The summed E-state index contributed by atoms with van der Waals surface area (Å²) in [4.78, 5) is 22.0. The van der Waals surface area contributed by atoms with Gasteiger partial charge in [-0.2, -0.15) is 9.50 Å². The summed E-state index contributed by atoms with van der Waals surface area (Å²) >= 11 is 12.2. The Labute approximate surface area is 190 Å². The van der Waals surface area contributed by atoms with Crippen molar-refractivity contribution in [3.63, 3.8) is 0 Å². The van der Waals surface area contributed by atoms with Crippen LogP contribution in [0.15, 0.2) is 59.7 Å². The molecule has 0 fully saturated rings. The molecule has 32 heavy (non-hydrogen) atoms. The zero-order valence-corrected chi connectivity index (χ0v) is 17.8. The second-order valence-electron chi connectivity index (χ2n) is 7.18. The van der Waals surface area contributed by atoms with Gasteiger partial charge in [0.1, 0.15) is 13.2 Å². The van der Waals surface area contributed by atoms with Crippen LogP contribution in [-0.4, -0.2) is 37.4 Å². The summed E-state index contributed by atoms with van der Waals surface area (Å²) in [6, 6.07) is 12.3. The van der Waals surface area contributed by atoms with E-state index < -0.39 is 0 Å². The first-order valence-electron chi connectivity index (χ1n) is 9.70. The molecule has 0 aliphatic carbocycles. The van der Waals surface area contributed by atoms with Gasteiger partial charge in [0.05, 0.1) is 16.6 Å².